The molecule has 0 aromatic carbocycles. The molecule has 0 radical (unpaired) electrons. The van der Waals surface area contributed by atoms with E-state index in [9.17, 15) is 14.4 Å². The van der Waals surface area contributed by atoms with Crippen molar-refractivity contribution < 1.29 is 14.4 Å². The van der Waals surface area contributed by atoms with Crippen molar-refractivity contribution in [3.05, 3.63) is 11.8 Å². The minimum absolute atomic E-state index is 0.0572. The van der Waals surface area contributed by atoms with Crippen molar-refractivity contribution in [2.24, 2.45) is 40.4 Å². The van der Waals surface area contributed by atoms with Crippen LogP contribution in [-0.4, -0.2) is 47.0 Å². The van der Waals surface area contributed by atoms with Crippen LogP contribution in [0.4, 0.5) is 0 Å². The largest absolute Gasteiger partial charge is 0.343 e. The molecule has 4 rings (SSSR count). The first-order valence-corrected chi connectivity index (χ1v) is 14.4. The molecule has 4 aliphatic rings. The first-order valence-electron chi connectivity index (χ1n) is 14.4. The Morgan fingerprint density at radius 1 is 1.14 bits per heavy atom. The third kappa shape index (κ3) is 4.19. The molecule has 0 unspecified atom stereocenters. The molecule has 1 aliphatic heterocycles. The number of piperidine rings is 1. The summed E-state index contributed by atoms with van der Waals surface area (Å²) in [6.07, 6.45) is 10.4. The second-order valence-corrected chi connectivity index (χ2v) is 12.3. The van der Waals surface area contributed by atoms with Gasteiger partial charge in [-0.05, 0) is 88.9 Å². The average Bonchev–Trinajstić information content (AvgIpc) is 3.20. The zero-order valence-corrected chi connectivity index (χ0v) is 23.1. The van der Waals surface area contributed by atoms with Gasteiger partial charge in [0.2, 0.25) is 11.8 Å². The SMILES string of the molecule is CCN(CC)C(=O)CCC[C@@H](C)[C@H]1CC[C@H]2[C@@H]3CC=C4N(CC)C(=O)CC[C@]4(C)[C@H]3CC(=O)[C@]12C. The molecule has 1 heterocycles. The van der Waals surface area contributed by atoms with Crippen molar-refractivity contribution in [1.29, 1.82) is 0 Å². The van der Waals surface area contributed by atoms with Crippen molar-refractivity contribution in [2.75, 3.05) is 19.6 Å². The lowest BCUT2D eigenvalue weighted by molar-refractivity contribution is -0.150. The van der Waals surface area contributed by atoms with Crippen molar-refractivity contribution in [3.8, 4) is 0 Å². The summed E-state index contributed by atoms with van der Waals surface area (Å²) in [6.45, 7) is 15.4. The number of fused-ring (bicyclic) bond motifs is 5. The first kappa shape index (κ1) is 26.4. The van der Waals surface area contributed by atoms with Crippen molar-refractivity contribution in [2.45, 2.75) is 99.3 Å². The number of amides is 2. The van der Waals surface area contributed by atoms with Gasteiger partial charge in [-0.2, -0.15) is 0 Å². The molecule has 0 bridgehead atoms. The molecule has 5 heteroatoms. The Bertz CT molecular complexity index is 877. The zero-order chi connectivity index (χ0) is 25.5. The Morgan fingerprint density at radius 3 is 2.51 bits per heavy atom. The van der Waals surface area contributed by atoms with Gasteiger partial charge in [0.15, 0.2) is 0 Å². The molecule has 7 atom stereocenters. The molecule has 0 aromatic rings. The fourth-order valence-electron chi connectivity index (χ4n) is 8.96. The maximum Gasteiger partial charge on any atom is 0.226 e. The molecule has 0 N–H and O–H groups in total. The predicted molar refractivity (Wildman–Crippen MR) is 139 cm³/mol. The number of carbonyl (C=O) groups is 3. The number of ketones is 1. The maximum absolute atomic E-state index is 14.0. The summed E-state index contributed by atoms with van der Waals surface area (Å²) in [4.78, 5) is 43.0. The van der Waals surface area contributed by atoms with Gasteiger partial charge in [0.25, 0.3) is 0 Å². The third-order valence-electron chi connectivity index (χ3n) is 11.0. The highest BCUT2D eigenvalue weighted by Gasteiger charge is 2.63. The quantitative estimate of drug-likeness (QED) is 0.435. The summed E-state index contributed by atoms with van der Waals surface area (Å²) in [5, 5.41) is 0. The first-order chi connectivity index (χ1) is 16.6. The van der Waals surface area contributed by atoms with Crippen LogP contribution in [-0.2, 0) is 14.4 Å². The Kier molecular flexibility index (Phi) is 7.56. The van der Waals surface area contributed by atoms with Gasteiger partial charge in [0, 0.05) is 55.4 Å². The van der Waals surface area contributed by atoms with Gasteiger partial charge >= 0.3 is 0 Å². The minimum Gasteiger partial charge on any atom is -0.343 e. The molecule has 0 aromatic heterocycles. The van der Waals surface area contributed by atoms with Crippen LogP contribution in [0.2, 0.25) is 0 Å². The van der Waals surface area contributed by atoms with Gasteiger partial charge in [-0.15, -0.1) is 0 Å². The molecule has 2 amide bonds. The van der Waals surface area contributed by atoms with Gasteiger partial charge in [0.1, 0.15) is 5.78 Å². The summed E-state index contributed by atoms with van der Waals surface area (Å²) in [7, 11) is 0. The highest BCUT2D eigenvalue weighted by atomic mass is 16.2. The molecule has 2 saturated carbocycles. The molecule has 0 spiro atoms. The monoisotopic (exact) mass is 484 g/mol. The van der Waals surface area contributed by atoms with E-state index in [4.69, 9.17) is 0 Å². The Morgan fingerprint density at radius 2 is 1.86 bits per heavy atom. The Hall–Kier alpha value is -1.65. The van der Waals surface area contributed by atoms with E-state index in [-0.39, 0.29) is 22.6 Å². The molecular weight excluding hydrogens is 436 g/mol. The van der Waals surface area contributed by atoms with Crippen LogP contribution in [0.15, 0.2) is 11.8 Å². The highest BCUT2D eigenvalue weighted by molar-refractivity contribution is 5.87. The van der Waals surface area contributed by atoms with E-state index < -0.39 is 0 Å². The van der Waals surface area contributed by atoms with Crippen molar-refractivity contribution in [1.82, 2.24) is 9.80 Å². The highest BCUT2D eigenvalue weighted by Crippen LogP contribution is 2.66. The number of nitrogens with zero attached hydrogens (tertiary/aromatic N) is 2. The van der Waals surface area contributed by atoms with E-state index in [1.807, 2.05) is 23.6 Å². The minimum atomic E-state index is -0.236. The Labute approximate surface area is 213 Å². The number of Topliss-reactive ketones (excluding diaryl/α,β-unsaturated/α-hetero) is 1. The van der Waals surface area contributed by atoms with Crippen LogP contribution in [0.3, 0.4) is 0 Å². The van der Waals surface area contributed by atoms with Gasteiger partial charge < -0.3 is 9.80 Å². The van der Waals surface area contributed by atoms with Crippen LogP contribution in [0, 0.1) is 40.4 Å². The molecule has 196 valence electrons. The molecule has 35 heavy (non-hydrogen) atoms. The van der Waals surface area contributed by atoms with Crippen LogP contribution >= 0.6 is 0 Å². The second-order valence-electron chi connectivity index (χ2n) is 12.3. The van der Waals surface area contributed by atoms with Gasteiger partial charge in [-0.25, -0.2) is 0 Å². The van der Waals surface area contributed by atoms with E-state index in [1.165, 1.54) is 5.70 Å². The molecule has 3 fully saturated rings. The van der Waals surface area contributed by atoms with Gasteiger partial charge in [-0.1, -0.05) is 26.8 Å². The predicted octanol–water partition coefficient (Wildman–Crippen LogP) is 5.84. The topological polar surface area (TPSA) is 57.7 Å². The summed E-state index contributed by atoms with van der Waals surface area (Å²) in [5.74, 6) is 3.21. The van der Waals surface area contributed by atoms with Crippen molar-refractivity contribution in [3.63, 3.8) is 0 Å². The summed E-state index contributed by atoms with van der Waals surface area (Å²) in [6, 6.07) is 0. The fourth-order valence-corrected chi connectivity index (χ4v) is 8.96. The second kappa shape index (κ2) is 10.0. The van der Waals surface area contributed by atoms with E-state index >= 15 is 0 Å². The zero-order valence-electron chi connectivity index (χ0n) is 23.1. The van der Waals surface area contributed by atoms with Crippen molar-refractivity contribution >= 4 is 17.6 Å². The van der Waals surface area contributed by atoms with Crippen LogP contribution < -0.4 is 0 Å². The number of allylic oxidation sites excluding steroid dienone is 2. The summed E-state index contributed by atoms with van der Waals surface area (Å²) < 4.78 is 0. The third-order valence-corrected chi connectivity index (χ3v) is 11.0. The molecule has 3 aliphatic carbocycles. The van der Waals surface area contributed by atoms with E-state index in [1.54, 1.807) is 0 Å². The van der Waals surface area contributed by atoms with Crippen LogP contribution in [0.5, 0.6) is 0 Å². The van der Waals surface area contributed by atoms with Crippen LogP contribution in [0.25, 0.3) is 0 Å². The van der Waals surface area contributed by atoms with Crippen LogP contribution in [0.1, 0.15) is 99.3 Å². The van der Waals surface area contributed by atoms with Gasteiger partial charge in [0.05, 0.1) is 0 Å². The number of hydrogen-bond donors (Lipinski definition) is 0. The number of rotatable bonds is 8. The maximum atomic E-state index is 14.0. The Balaban J connectivity index is 1.49. The molecular formula is C30H48N2O3. The standard InChI is InChI=1S/C30H48N2O3/c1-7-31(8-2)27(34)12-10-11-20(4)22-14-15-23-21-13-16-25-29(5,18-17-28(35)32(25)9-3)24(21)19-26(33)30(22,23)6/h16,20-24H,7-15,17-19H2,1-6H3/t20-,21+,22-,23+,24+,29-,30-/m1/s1. The lowest BCUT2D eigenvalue weighted by Crippen LogP contribution is -2.57. The normalized spacial score (nSPS) is 37.3. The summed E-state index contributed by atoms with van der Waals surface area (Å²) >= 11 is 0. The molecule has 1 saturated heterocycles. The summed E-state index contributed by atoms with van der Waals surface area (Å²) in [5.41, 5.74) is 0.910. The number of hydrogen-bond acceptors (Lipinski definition) is 3. The van der Waals surface area contributed by atoms with E-state index in [2.05, 4.69) is 33.8 Å². The fraction of sp³-hybridized carbons (Fsp3) is 0.833. The number of likely N-dealkylation sites (tertiary alicyclic amines) is 1. The average molecular weight is 485 g/mol. The lowest BCUT2D eigenvalue weighted by atomic mass is 9.48. The lowest BCUT2D eigenvalue weighted by Gasteiger charge is -2.58. The molecule has 5 nitrogen and oxygen atoms in total. The van der Waals surface area contributed by atoms with E-state index in [0.717, 1.165) is 58.2 Å². The smallest absolute Gasteiger partial charge is 0.226 e. The number of carbonyl (C=O) groups excluding carboxylic acids is 3. The van der Waals surface area contributed by atoms with Gasteiger partial charge in [-0.3, -0.25) is 14.4 Å². The van der Waals surface area contributed by atoms with E-state index in [0.29, 0.717) is 54.6 Å².